The van der Waals surface area contributed by atoms with E-state index in [1.165, 1.54) is 0 Å². The highest BCUT2D eigenvalue weighted by Gasteiger charge is 2.23. The van der Waals surface area contributed by atoms with Gasteiger partial charge in [0.2, 0.25) is 0 Å². The standard InChI is InChI=1S/C17H20INO2/c1-3-15(19)17(14-9-4-5-10-16(14)20-2)21-13-8-6-7-12(18)11-13/h4-11,15,17H,3,19H2,1-2H3. The van der Waals surface area contributed by atoms with Crippen molar-refractivity contribution in [2.45, 2.75) is 25.5 Å². The predicted molar refractivity (Wildman–Crippen MR) is 93.8 cm³/mol. The summed E-state index contributed by atoms with van der Waals surface area (Å²) in [6.45, 7) is 2.06. The number of nitrogens with two attached hydrogens (primary N) is 1. The molecule has 2 rings (SSSR count). The lowest BCUT2D eigenvalue weighted by Gasteiger charge is -2.26. The van der Waals surface area contributed by atoms with E-state index >= 15 is 0 Å². The molecule has 0 heterocycles. The molecule has 0 aliphatic carbocycles. The van der Waals surface area contributed by atoms with E-state index in [0.29, 0.717) is 0 Å². The van der Waals surface area contributed by atoms with Crippen LogP contribution in [-0.4, -0.2) is 13.2 Å². The second-order valence-corrected chi connectivity index (χ2v) is 6.06. The molecule has 2 atom stereocenters. The van der Waals surface area contributed by atoms with Crippen LogP contribution >= 0.6 is 22.6 Å². The van der Waals surface area contributed by atoms with Gasteiger partial charge in [0.05, 0.1) is 7.11 Å². The molecule has 0 radical (unpaired) electrons. The van der Waals surface area contributed by atoms with E-state index in [4.69, 9.17) is 15.2 Å². The Morgan fingerprint density at radius 2 is 1.90 bits per heavy atom. The van der Waals surface area contributed by atoms with Crippen LogP contribution in [0.25, 0.3) is 0 Å². The molecule has 0 aliphatic rings. The molecule has 2 N–H and O–H groups in total. The maximum absolute atomic E-state index is 6.28. The molecular formula is C17H20INO2. The summed E-state index contributed by atoms with van der Waals surface area (Å²) in [5, 5.41) is 0. The minimum Gasteiger partial charge on any atom is -0.496 e. The maximum atomic E-state index is 6.28. The Labute approximate surface area is 139 Å². The summed E-state index contributed by atoms with van der Waals surface area (Å²) in [5.41, 5.74) is 7.26. The van der Waals surface area contributed by atoms with E-state index in [9.17, 15) is 0 Å². The summed E-state index contributed by atoms with van der Waals surface area (Å²) >= 11 is 2.27. The van der Waals surface area contributed by atoms with Crippen molar-refractivity contribution in [2.24, 2.45) is 5.73 Å². The summed E-state index contributed by atoms with van der Waals surface area (Å²) in [6, 6.07) is 15.7. The number of para-hydroxylation sites is 1. The first-order valence-corrected chi connectivity index (χ1v) is 8.04. The molecule has 3 nitrogen and oxygen atoms in total. The SMILES string of the molecule is CCC(N)C(Oc1cccc(I)c1)c1ccccc1OC. The van der Waals surface area contributed by atoms with Crippen molar-refractivity contribution in [2.75, 3.05) is 7.11 Å². The first kappa shape index (κ1) is 16.1. The van der Waals surface area contributed by atoms with Crippen LogP contribution in [0.3, 0.4) is 0 Å². The van der Waals surface area contributed by atoms with Gasteiger partial charge in [0.1, 0.15) is 17.6 Å². The minimum atomic E-state index is -0.232. The number of ether oxygens (including phenoxy) is 2. The largest absolute Gasteiger partial charge is 0.496 e. The molecule has 0 fully saturated rings. The molecule has 21 heavy (non-hydrogen) atoms. The van der Waals surface area contributed by atoms with Crippen molar-refractivity contribution < 1.29 is 9.47 Å². The average molecular weight is 397 g/mol. The van der Waals surface area contributed by atoms with Crippen LogP contribution in [0, 0.1) is 3.57 Å². The number of methoxy groups -OCH3 is 1. The molecule has 0 saturated heterocycles. The van der Waals surface area contributed by atoms with Crippen molar-refractivity contribution >= 4 is 22.6 Å². The van der Waals surface area contributed by atoms with Crippen LogP contribution in [0.5, 0.6) is 11.5 Å². The van der Waals surface area contributed by atoms with E-state index in [1.54, 1.807) is 7.11 Å². The van der Waals surface area contributed by atoms with Gasteiger partial charge in [0, 0.05) is 15.2 Å². The fourth-order valence-corrected chi connectivity index (χ4v) is 2.70. The summed E-state index contributed by atoms with van der Waals surface area (Å²) in [6.07, 6.45) is 0.594. The Hall–Kier alpha value is -1.27. The van der Waals surface area contributed by atoms with Gasteiger partial charge in [-0.15, -0.1) is 0 Å². The Bertz CT molecular complexity index is 589. The van der Waals surface area contributed by atoms with E-state index in [2.05, 4.69) is 29.5 Å². The molecule has 0 bridgehead atoms. The van der Waals surface area contributed by atoms with Gasteiger partial charge in [-0.1, -0.05) is 31.2 Å². The summed E-state index contributed by atoms with van der Waals surface area (Å²) in [4.78, 5) is 0. The van der Waals surface area contributed by atoms with Gasteiger partial charge < -0.3 is 15.2 Å². The fourth-order valence-electron chi connectivity index (χ4n) is 2.18. The zero-order chi connectivity index (χ0) is 15.2. The van der Waals surface area contributed by atoms with Gasteiger partial charge in [0.25, 0.3) is 0 Å². The highest BCUT2D eigenvalue weighted by Crippen LogP contribution is 2.32. The van der Waals surface area contributed by atoms with Crippen LogP contribution in [0.15, 0.2) is 48.5 Å². The third-order valence-corrected chi connectivity index (χ3v) is 4.04. The van der Waals surface area contributed by atoms with Gasteiger partial charge >= 0.3 is 0 Å². The van der Waals surface area contributed by atoms with Crippen LogP contribution in [-0.2, 0) is 0 Å². The molecule has 2 aromatic rings. The maximum Gasteiger partial charge on any atom is 0.142 e. The molecule has 112 valence electrons. The lowest BCUT2D eigenvalue weighted by Crippen LogP contribution is -2.31. The molecule has 0 saturated carbocycles. The molecule has 2 aromatic carbocycles. The topological polar surface area (TPSA) is 44.5 Å². The molecule has 0 aromatic heterocycles. The van der Waals surface area contributed by atoms with Gasteiger partial charge in [-0.2, -0.15) is 0 Å². The fraction of sp³-hybridized carbons (Fsp3) is 0.294. The normalized spacial score (nSPS) is 13.5. The monoisotopic (exact) mass is 397 g/mol. The first-order chi connectivity index (χ1) is 10.2. The Morgan fingerprint density at radius 1 is 1.14 bits per heavy atom. The quantitative estimate of drug-likeness (QED) is 0.745. The second-order valence-electron chi connectivity index (χ2n) is 4.81. The van der Waals surface area contributed by atoms with E-state index < -0.39 is 0 Å². The average Bonchev–Trinajstić information content (AvgIpc) is 2.52. The Morgan fingerprint density at radius 3 is 2.57 bits per heavy atom. The van der Waals surface area contributed by atoms with E-state index in [-0.39, 0.29) is 12.1 Å². The lowest BCUT2D eigenvalue weighted by atomic mass is 10.00. The van der Waals surface area contributed by atoms with Gasteiger partial charge in [0.15, 0.2) is 0 Å². The number of hydrogen-bond donors (Lipinski definition) is 1. The summed E-state index contributed by atoms with van der Waals surface area (Å²) in [7, 11) is 1.67. The highest BCUT2D eigenvalue weighted by molar-refractivity contribution is 14.1. The summed E-state index contributed by atoms with van der Waals surface area (Å²) in [5.74, 6) is 1.62. The number of benzene rings is 2. The summed E-state index contributed by atoms with van der Waals surface area (Å²) < 4.78 is 12.7. The molecule has 0 aliphatic heterocycles. The van der Waals surface area contributed by atoms with E-state index in [0.717, 1.165) is 27.1 Å². The van der Waals surface area contributed by atoms with Crippen molar-refractivity contribution in [3.05, 3.63) is 57.7 Å². The zero-order valence-electron chi connectivity index (χ0n) is 12.3. The Kier molecular flexibility index (Phi) is 5.87. The van der Waals surface area contributed by atoms with Gasteiger partial charge in [-0.3, -0.25) is 0 Å². The highest BCUT2D eigenvalue weighted by atomic mass is 127. The molecule has 0 amide bonds. The van der Waals surface area contributed by atoms with Crippen LogP contribution in [0.1, 0.15) is 25.0 Å². The van der Waals surface area contributed by atoms with Crippen LogP contribution in [0.2, 0.25) is 0 Å². The second kappa shape index (κ2) is 7.66. The first-order valence-electron chi connectivity index (χ1n) is 6.96. The van der Waals surface area contributed by atoms with Gasteiger partial charge in [-0.05, 0) is 53.3 Å². The van der Waals surface area contributed by atoms with Crippen molar-refractivity contribution in [3.8, 4) is 11.5 Å². The molecule has 0 spiro atoms. The van der Waals surface area contributed by atoms with Crippen molar-refractivity contribution in [3.63, 3.8) is 0 Å². The molecule has 4 heteroatoms. The van der Waals surface area contributed by atoms with Crippen molar-refractivity contribution in [1.29, 1.82) is 0 Å². The van der Waals surface area contributed by atoms with Crippen molar-refractivity contribution in [1.82, 2.24) is 0 Å². The molecular weight excluding hydrogens is 377 g/mol. The third-order valence-electron chi connectivity index (χ3n) is 3.36. The number of hydrogen-bond acceptors (Lipinski definition) is 3. The van der Waals surface area contributed by atoms with Gasteiger partial charge in [-0.25, -0.2) is 0 Å². The minimum absolute atomic E-state index is 0.0980. The zero-order valence-corrected chi connectivity index (χ0v) is 14.4. The molecule has 2 unspecified atom stereocenters. The third kappa shape index (κ3) is 4.11. The number of rotatable bonds is 6. The Balaban J connectivity index is 2.34. The lowest BCUT2D eigenvalue weighted by molar-refractivity contribution is 0.167. The smallest absolute Gasteiger partial charge is 0.142 e. The van der Waals surface area contributed by atoms with E-state index in [1.807, 2.05) is 48.5 Å². The predicted octanol–water partition coefficient (Wildman–Crippen LogP) is 4.16. The van der Waals surface area contributed by atoms with Crippen LogP contribution < -0.4 is 15.2 Å². The van der Waals surface area contributed by atoms with Crippen LogP contribution in [0.4, 0.5) is 0 Å². The number of halogens is 1.